The van der Waals surface area contributed by atoms with Gasteiger partial charge in [-0.1, -0.05) is 6.92 Å². The highest BCUT2D eigenvalue weighted by atomic mass is 16.5. The van der Waals surface area contributed by atoms with Crippen molar-refractivity contribution in [3.05, 3.63) is 18.2 Å². The van der Waals surface area contributed by atoms with Crippen LogP contribution in [0.2, 0.25) is 0 Å². The van der Waals surface area contributed by atoms with Gasteiger partial charge in [0, 0.05) is 18.8 Å². The van der Waals surface area contributed by atoms with E-state index in [0.717, 1.165) is 12.2 Å². The lowest BCUT2D eigenvalue weighted by molar-refractivity contribution is -0.132. The molecular weight excluding hydrogens is 250 g/mol. The Morgan fingerprint density at radius 2 is 2.37 bits per heavy atom. The van der Waals surface area contributed by atoms with Crippen molar-refractivity contribution in [3.63, 3.8) is 0 Å². The summed E-state index contributed by atoms with van der Waals surface area (Å²) in [5.41, 5.74) is 0. The molecule has 0 radical (unpaired) electrons. The van der Waals surface area contributed by atoms with E-state index in [-0.39, 0.29) is 25.7 Å². The number of hydrogen-bond acceptors (Lipinski definition) is 5. The lowest BCUT2D eigenvalue weighted by Crippen LogP contribution is -2.56. The topological polar surface area (TPSA) is 96.6 Å². The number of carbonyl (C=O) groups excluding carboxylic acids is 1. The van der Waals surface area contributed by atoms with Crippen molar-refractivity contribution in [3.8, 4) is 0 Å². The largest absolute Gasteiger partial charge is 0.388 e. The molecule has 0 unspecified atom stereocenters. The minimum Gasteiger partial charge on any atom is -0.388 e. The molecule has 0 saturated carbocycles. The predicted molar refractivity (Wildman–Crippen MR) is 66.4 cm³/mol. The first-order valence-electron chi connectivity index (χ1n) is 6.35. The molecule has 0 aromatic carbocycles. The van der Waals surface area contributed by atoms with E-state index in [1.54, 1.807) is 17.0 Å². The van der Waals surface area contributed by atoms with E-state index in [4.69, 9.17) is 4.74 Å². The summed E-state index contributed by atoms with van der Waals surface area (Å²) in [5.74, 6) is 0.588. The molecular formula is C12H19N3O4. The molecule has 106 valence electrons. The lowest BCUT2D eigenvalue weighted by Gasteiger charge is -2.32. The van der Waals surface area contributed by atoms with Crippen molar-refractivity contribution in [1.82, 2.24) is 14.9 Å². The second-order valence-corrected chi connectivity index (χ2v) is 4.59. The molecule has 7 nitrogen and oxygen atoms in total. The van der Waals surface area contributed by atoms with Crippen LogP contribution < -0.4 is 5.32 Å². The predicted octanol–water partition coefficient (Wildman–Crippen LogP) is -1.32. The van der Waals surface area contributed by atoms with Gasteiger partial charge >= 0.3 is 0 Å². The zero-order valence-electron chi connectivity index (χ0n) is 10.8. The van der Waals surface area contributed by atoms with Gasteiger partial charge < -0.3 is 24.8 Å². The summed E-state index contributed by atoms with van der Waals surface area (Å²) in [7, 11) is 0. The average molecular weight is 269 g/mol. The van der Waals surface area contributed by atoms with Gasteiger partial charge in [-0.3, -0.25) is 4.79 Å². The van der Waals surface area contributed by atoms with Crippen molar-refractivity contribution in [2.24, 2.45) is 0 Å². The number of aromatic nitrogens is 2. The molecule has 1 aromatic rings. The number of amides is 1. The van der Waals surface area contributed by atoms with Gasteiger partial charge in [0.25, 0.3) is 0 Å². The van der Waals surface area contributed by atoms with Gasteiger partial charge in [-0.25, -0.2) is 4.98 Å². The van der Waals surface area contributed by atoms with Crippen LogP contribution in [0.15, 0.2) is 12.4 Å². The number of nitrogens with zero attached hydrogens (tertiary/aromatic N) is 2. The molecule has 0 aliphatic carbocycles. The number of nitrogens with one attached hydrogen (secondary N) is 1. The number of imidazole rings is 1. The van der Waals surface area contributed by atoms with Crippen LogP contribution >= 0.6 is 0 Å². The van der Waals surface area contributed by atoms with E-state index < -0.39 is 18.2 Å². The Balaban J connectivity index is 1.90. The zero-order chi connectivity index (χ0) is 13.8. The Morgan fingerprint density at radius 3 is 3.11 bits per heavy atom. The normalized spacial score (nSPS) is 27.2. The van der Waals surface area contributed by atoms with Gasteiger partial charge in [-0.05, 0) is 0 Å². The van der Waals surface area contributed by atoms with E-state index in [0.29, 0.717) is 0 Å². The lowest BCUT2D eigenvalue weighted by atomic mass is 10.0. The van der Waals surface area contributed by atoms with Crippen LogP contribution in [-0.2, 0) is 22.5 Å². The average Bonchev–Trinajstić information content (AvgIpc) is 2.82. The standard InChI is InChI=1S/C12H19N3O4/c1-2-10-13-3-4-15(10)5-11(17)14-8-6-19-7-9(16)12(8)18/h3-4,8-9,12,16,18H,2,5-7H2,1H3,(H,14,17)/t8-,9-,12+/m1/s1. The fourth-order valence-corrected chi connectivity index (χ4v) is 2.11. The maximum Gasteiger partial charge on any atom is 0.240 e. The van der Waals surface area contributed by atoms with Crippen LogP contribution in [0.3, 0.4) is 0 Å². The zero-order valence-corrected chi connectivity index (χ0v) is 10.8. The number of ether oxygens (including phenoxy) is 1. The Morgan fingerprint density at radius 1 is 1.58 bits per heavy atom. The maximum atomic E-state index is 11.9. The Labute approximate surface area is 111 Å². The number of aliphatic hydroxyl groups excluding tert-OH is 2. The molecule has 19 heavy (non-hydrogen) atoms. The minimum absolute atomic E-state index is 0.0923. The van der Waals surface area contributed by atoms with Gasteiger partial charge in [-0.2, -0.15) is 0 Å². The van der Waals surface area contributed by atoms with E-state index >= 15 is 0 Å². The summed E-state index contributed by atoms with van der Waals surface area (Å²) in [6, 6.07) is -0.579. The van der Waals surface area contributed by atoms with Crippen LogP contribution in [0, 0.1) is 0 Å². The number of rotatable bonds is 4. The summed E-state index contributed by atoms with van der Waals surface area (Å²) in [4.78, 5) is 16.0. The summed E-state index contributed by atoms with van der Waals surface area (Å²) in [6.45, 7) is 2.40. The van der Waals surface area contributed by atoms with Crippen LogP contribution in [0.25, 0.3) is 0 Å². The molecule has 1 fully saturated rings. The molecule has 2 heterocycles. The van der Waals surface area contributed by atoms with Crippen LogP contribution in [-0.4, -0.2) is 57.1 Å². The molecule has 0 spiro atoms. The third-order valence-corrected chi connectivity index (χ3v) is 3.17. The number of aliphatic hydroxyl groups is 2. The van der Waals surface area contributed by atoms with E-state index in [9.17, 15) is 15.0 Å². The summed E-state index contributed by atoms with van der Waals surface area (Å²) >= 11 is 0. The monoisotopic (exact) mass is 269 g/mol. The SMILES string of the molecule is CCc1nccn1CC(=O)N[C@@H]1COC[C@@H](O)[C@H]1O. The first kappa shape index (κ1) is 14.0. The van der Waals surface area contributed by atoms with E-state index in [1.807, 2.05) is 6.92 Å². The molecule has 1 saturated heterocycles. The first-order valence-corrected chi connectivity index (χ1v) is 6.35. The van der Waals surface area contributed by atoms with Gasteiger partial charge in [-0.15, -0.1) is 0 Å². The van der Waals surface area contributed by atoms with Gasteiger partial charge in [0.15, 0.2) is 0 Å². The first-order chi connectivity index (χ1) is 9.11. The Kier molecular flexibility index (Phi) is 4.52. The minimum atomic E-state index is -0.994. The molecule has 1 aromatic heterocycles. The molecule has 3 atom stereocenters. The smallest absolute Gasteiger partial charge is 0.240 e. The van der Waals surface area contributed by atoms with Crippen molar-refractivity contribution in [1.29, 1.82) is 0 Å². The van der Waals surface area contributed by atoms with Crippen LogP contribution in [0.4, 0.5) is 0 Å². The molecule has 0 bridgehead atoms. The highest BCUT2D eigenvalue weighted by molar-refractivity contribution is 5.76. The van der Waals surface area contributed by atoms with Gasteiger partial charge in [0.2, 0.25) is 5.91 Å². The van der Waals surface area contributed by atoms with Gasteiger partial charge in [0.1, 0.15) is 24.6 Å². The van der Waals surface area contributed by atoms with Crippen molar-refractivity contribution < 1.29 is 19.7 Å². The van der Waals surface area contributed by atoms with Crippen molar-refractivity contribution in [2.45, 2.75) is 38.1 Å². The summed E-state index contributed by atoms with van der Waals surface area (Å²) in [5, 5.41) is 21.9. The van der Waals surface area contributed by atoms with Crippen molar-refractivity contribution >= 4 is 5.91 Å². The van der Waals surface area contributed by atoms with E-state index in [2.05, 4.69) is 10.3 Å². The van der Waals surface area contributed by atoms with Crippen LogP contribution in [0.1, 0.15) is 12.7 Å². The highest BCUT2D eigenvalue weighted by Crippen LogP contribution is 2.08. The molecule has 1 aliphatic rings. The summed E-state index contributed by atoms with van der Waals surface area (Å²) < 4.78 is 6.85. The number of carbonyl (C=O) groups is 1. The Hall–Kier alpha value is -1.44. The van der Waals surface area contributed by atoms with E-state index in [1.165, 1.54) is 0 Å². The molecule has 2 rings (SSSR count). The molecule has 1 aliphatic heterocycles. The molecule has 3 N–H and O–H groups in total. The maximum absolute atomic E-state index is 11.9. The number of aryl methyl sites for hydroxylation is 1. The summed E-state index contributed by atoms with van der Waals surface area (Å²) in [6.07, 6.45) is 2.17. The molecule has 7 heteroatoms. The number of hydrogen-bond donors (Lipinski definition) is 3. The van der Waals surface area contributed by atoms with Crippen LogP contribution in [0.5, 0.6) is 0 Å². The second kappa shape index (κ2) is 6.14. The third-order valence-electron chi connectivity index (χ3n) is 3.17. The highest BCUT2D eigenvalue weighted by Gasteiger charge is 2.32. The molecule has 1 amide bonds. The van der Waals surface area contributed by atoms with Gasteiger partial charge in [0.05, 0.1) is 19.3 Å². The van der Waals surface area contributed by atoms with Crippen molar-refractivity contribution in [2.75, 3.05) is 13.2 Å². The second-order valence-electron chi connectivity index (χ2n) is 4.59. The fourth-order valence-electron chi connectivity index (χ4n) is 2.11. The Bertz CT molecular complexity index is 434. The third kappa shape index (κ3) is 3.31. The quantitative estimate of drug-likeness (QED) is 0.630. The fraction of sp³-hybridized carbons (Fsp3) is 0.667.